The van der Waals surface area contributed by atoms with Crippen LogP contribution in [0.4, 0.5) is 0 Å². The second-order valence-electron chi connectivity index (χ2n) is 5.44. The predicted molar refractivity (Wildman–Crippen MR) is 78.1 cm³/mol. The van der Waals surface area contributed by atoms with E-state index >= 15 is 0 Å². The van der Waals surface area contributed by atoms with Crippen LogP contribution in [0.25, 0.3) is 10.9 Å². The van der Waals surface area contributed by atoms with Crippen LogP contribution in [0.5, 0.6) is 0 Å². The average Bonchev–Trinajstić information content (AvgIpc) is 3.17. The van der Waals surface area contributed by atoms with Gasteiger partial charge in [0.15, 0.2) is 0 Å². The highest BCUT2D eigenvalue weighted by Crippen LogP contribution is 2.23. The molecule has 1 aliphatic carbocycles. The zero-order valence-electron chi connectivity index (χ0n) is 11.3. The molecule has 0 spiro atoms. The highest BCUT2D eigenvalue weighted by Gasteiger charge is 2.20. The summed E-state index contributed by atoms with van der Waals surface area (Å²) in [5.41, 5.74) is 2.71. The van der Waals surface area contributed by atoms with E-state index in [9.17, 15) is 0 Å². The molecule has 0 unspecified atom stereocenters. The summed E-state index contributed by atoms with van der Waals surface area (Å²) < 4.78 is 2.30. The Labute approximate surface area is 114 Å². The number of hydrogen-bond donors (Lipinski definition) is 2. The molecule has 0 atom stereocenters. The van der Waals surface area contributed by atoms with Gasteiger partial charge in [-0.3, -0.25) is 0 Å². The molecule has 102 valence electrons. The van der Waals surface area contributed by atoms with Crippen molar-refractivity contribution in [2.75, 3.05) is 6.61 Å². The molecule has 0 aliphatic heterocycles. The van der Waals surface area contributed by atoms with Gasteiger partial charge in [0, 0.05) is 42.8 Å². The molecule has 1 aromatic heterocycles. The van der Waals surface area contributed by atoms with Crippen molar-refractivity contribution in [1.29, 1.82) is 0 Å². The first-order chi connectivity index (χ1) is 9.38. The number of hydrogen-bond acceptors (Lipinski definition) is 2. The third kappa shape index (κ3) is 2.99. The standard InChI is InChI=1S/C16H22N2O/c19-11-2-1-9-18-10-8-15-13(4-3-5-16(15)18)12-17-14-6-7-14/h3-5,8,10,14,17,19H,1-2,6-7,9,11-12H2. The Bertz CT molecular complexity index is 543. The first-order valence-corrected chi connectivity index (χ1v) is 7.29. The van der Waals surface area contributed by atoms with E-state index in [1.54, 1.807) is 0 Å². The van der Waals surface area contributed by atoms with E-state index in [0.717, 1.165) is 32.0 Å². The molecule has 1 fully saturated rings. The normalized spacial score (nSPS) is 15.2. The molecule has 2 N–H and O–H groups in total. The van der Waals surface area contributed by atoms with E-state index in [0.29, 0.717) is 0 Å². The average molecular weight is 258 g/mol. The predicted octanol–water partition coefficient (Wildman–Crippen LogP) is 2.67. The number of nitrogens with zero attached hydrogens (tertiary/aromatic N) is 1. The van der Waals surface area contributed by atoms with Crippen molar-refractivity contribution >= 4 is 10.9 Å². The van der Waals surface area contributed by atoms with Gasteiger partial charge in [-0.05, 0) is 43.4 Å². The van der Waals surface area contributed by atoms with E-state index in [2.05, 4.69) is 40.3 Å². The molecule has 3 rings (SSSR count). The summed E-state index contributed by atoms with van der Waals surface area (Å²) in [6.45, 7) is 2.25. The zero-order chi connectivity index (χ0) is 13.1. The highest BCUT2D eigenvalue weighted by atomic mass is 16.2. The van der Waals surface area contributed by atoms with Gasteiger partial charge in [-0.2, -0.15) is 0 Å². The number of nitrogens with one attached hydrogen (secondary N) is 1. The molecule has 0 amide bonds. The Morgan fingerprint density at radius 1 is 1.21 bits per heavy atom. The second-order valence-corrected chi connectivity index (χ2v) is 5.44. The quantitative estimate of drug-likeness (QED) is 0.749. The first kappa shape index (κ1) is 12.7. The second kappa shape index (κ2) is 5.76. The largest absolute Gasteiger partial charge is 0.396 e. The van der Waals surface area contributed by atoms with Crippen molar-refractivity contribution in [3.8, 4) is 0 Å². The molecule has 1 aromatic carbocycles. The van der Waals surface area contributed by atoms with Gasteiger partial charge in [0.2, 0.25) is 0 Å². The first-order valence-electron chi connectivity index (χ1n) is 7.29. The van der Waals surface area contributed by atoms with Gasteiger partial charge in [0.05, 0.1) is 0 Å². The lowest BCUT2D eigenvalue weighted by Gasteiger charge is -2.07. The third-order valence-corrected chi connectivity index (χ3v) is 3.87. The fourth-order valence-corrected chi connectivity index (χ4v) is 2.57. The lowest BCUT2D eigenvalue weighted by atomic mass is 10.1. The van der Waals surface area contributed by atoms with Crippen LogP contribution >= 0.6 is 0 Å². The highest BCUT2D eigenvalue weighted by molar-refractivity contribution is 5.83. The number of aliphatic hydroxyl groups is 1. The molecule has 19 heavy (non-hydrogen) atoms. The number of benzene rings is 1. The van der Waals surface area contributed by atoms with Crippen LogP contribution in [0.15, 0.2) is 30.5 Å². The number of aliphatic hydroxyl groups excluding tert-OH is 1. The summed E-state index contributed by atoms with van der Waals surface area (Å²) >= 11 is 0. The number of aryl methyl sites for hydroxylation is 1. The van der Waals surface area contributed by atoms with Crippen LogP contribution < -0.4 is 5.32 Å². The third-order valence-electron chi connectivity index (χ3n) is 3.87. The lowest BCUT2D eigenvalue weighted by molar-refractivity contribution is 0.281. The Kier molecular flexibility index (Phi) is 3.85. The van der Waals surface area contributed by atoms with Crippen molar-refractivity contribution in [2.45, 2.75) is 44.8 Å². The maximum absolute atomic E-state index is 8.86. The van der Waals surface area contributed by atoms with Gasteiger partial charge < -0.3 is 15.0 Å². The Hall–Kier alpha value is -1.32. The number of unbranched alkanes of at least 4 members (excludes halogenated alkanes) is 1. The van der Waals surface area contributed by atoms with Crippen molar-refractivity contribution < 1.29 is 5.11 Å². The molecule has 0 bridgehead atoms. The van der Waals surface area contributed by atoms with Crippen LogP contribution in [-0.4, -0.2) is 22.3 Å². The van der Waals surface area contributed by atoms with Crippen molar-refractivity contribution in [3.63, 3.8) is 0 Å². The molecule has 3 nitrogen and oxygen atoms in total. The maximum Gasteiger partial charge on any atom is 0.0483 e. The van der Waals surface area contributed by atoms with Gasteiger partial charge in [0.1, 0.15) is 0 Å². The van der Waals surface area contributed by atoms with Crippen LogP contribution in [0.1, 0.15) is 31.2 Å². The lowest BCUT2D eigenvalue weighted by Crippen LogP contribution is -2.15. The van der Waals surface area contributed by atoms with Crippen LogP contribution in [0, 0.1) is 0 Å². The number of aromatic nitrogens is 1. The van der Waals surface area contributed by atoms with E-state index in [4.69, 9.17) is 5.11 Å². The van der Waals surface area contributed by atoms with Crippen molar-refractivity contribution in [2.24, 2.45) is 0 Å². The van der Waals surface area contributed by atoms with Gasteiger partial charge in [-0.15, -0.1) is 0 Å². The number of fused-ring (bicyclic) bond motifs is 1. The van der Waals surface area contributed by atoms with Gasteiger partial charge in [0.25, 0.3) is 0 Å². The summed E-state index contributed by atoms with van der Waals surface area (Å²) in [6.07, 6.45) is 6.74. The summed E-state index contributed by atoms with van der Waals surface area (Å²) in [5, 5.41) is 13.8. The molecule has 1 heterocycles. The molecule has 0 radical (unpaired) electrons. The van der Waals surface area contributed by atoms with Gasteiger partial charge in [-0.1, -0.05) is 12.1 Å². The SMILES string of the molecule is OCCCCn1ccc2c(CNC3CC3)cccc21. The monoisotopic (exact) mass is 258 g/mol. The van der Waals surface area contributed by atoms with Crippen molar-refractivity contribution in [3.05, 3.63) is 36.0 Å². The van der Waals surface area contributed by atoms with Crippen LogP contribution in [0.2, 0.25) is 0 Å². The van der Waals surface area contributed by atoms with Crippen molar-refractivity contribution in [1.82, 2.24) is 9.88 Å². The number of rotatable bonds is 7. The summed E-state index contributed by atoms with van der Waals surface area (Å²) in [5.74, 6) is 0. The van der Waals surface area contributed by atoms with E-state index in [1.807, 2.05) is 0 Å². The molecule has 3 heteroatoms. The molecular weight excluding hydrogens is 236 g/mol. The van der Waals surface area contributed by atoms with Crippen LogP contribution in [0.3, 0.4) is 0 Å². The molecule has 1 aliphatic rings. The minimum atomic E-state index is 0.287. The molecule has 0 saturated heterocycles. The smallest absolute Gasteiger partial charge is 0.0483 e. The molecule has 2 aromatic rings. The topological polar surface area (TPSA) is 37.2 Å². The fraction of sp³-hybridized carbons (Fsp3) is 0.500. The van der Waals surface area contributed by atoms with Gasteiger partial charge >= 0.3 is 0 Å². The van der Waals surface area contributed by atoms with E-state index < -0.39 is 0 Å². The van der Waals surface area contributed by atoms with Crippen LogP contribution in [-0.2, 0) is 13.1 Å². The minimum Gasteiger partial charge on any atom is -0.396 e. The molecular formula is C16H22N2O. The fourth-order valence-electron chi connectivity index (χ4n) is 2.57. The zero-order valence-corrected chi connectivity index (χ0v) is 11.3. The van der Waals surface area contributed by atoms with E-state index in [-0.39, 0.29) is 6.61 Å². The summed E-state index contributed by atoms with van der Waals surface area (Å²) in [6, 6.07) is 9.53. The Morgan fingerprint density at radius 2 is 2.11 bits per heavy atom. The molecule has 1 saturated carbocycles. The minimum absolute atomic E-state index is 0.287. The maximum atomic E-state index is 8.86. The summed E-state index contributed by atoms with van der Waals surface area (Å²) in [4.78, 5) is 0. The van der Waals surface area contributed by atoms with E-state index in [1.165, 1.54) is 29.3 Å². The van der Waals surface area contributed by atoms with Gasteiger partial charge in [-0.25, -0.2) is 0 Å². The Morgan fingerprint density at radius 3 is 2.89 bits per heavy atom. The summed E-state index contributed by atoms with van der Waals surface area (Å²) in [7, 11) is 0. The Balaban J connectivity index is 1.76.